The molecule has 0 saturated carbocycles. The molecule has 0 aromatic carbocycles. The molecule has 0 atom stereocenters. The molecule has 0 nitrogen and oxygen atoms in total. The maximum Gasteiger partial charge on any atom is 0.0174 e. The molecule has 0 aromatic heterocycles. The van der Waals surface area contributed by atoms with E-state index in [-0.39, 0.29) is 5.41 Å². The normalized spacial score (nSPS) is 13.3. The summed E-state index contributed by atoms with van der Waals surface area (Å²) >= 11 is 2.48. The first-order chi connectivity index (χ1) is 4.27. The molecule has 0 fully saturated rings. The largest absolute Gasteiger partial charge is 0.103 e. The summed E-state index contributed by atoms with van der Waals surface area (Å²) < 4.78 is 0.384. The molecule has 0 aliphatic carbocycles. The fourth-order valence-electron chi connectivity index (χ4n) is 1.16. The zero-order chi connectivity index (χ0) is 8.41. The zero-order valence-electron chi connectivity index (χ0n) is 7.37. The lowest BCUT2D eigenvalue weighted by molar-refractivity contribution is 0.400. The highest BCUT2D eigenvalue weighted by molar-refractivity contribution is 14.1. The van der Waals surface area contributed by atoms with Gasteiger partial charge in [-0.3, -0.25) is 0 Å². The van der Waals surface area contributed by atoms with E-state index in [2.05, 4.69) is 56.9 Å². The van der Waals surface area contributed by atoms with Crippen LogP contribution in [-0.4, -0.2) is 3.42 Å². The summed E-state index contributed by atoms with van der Waals surface area (Å²) in [5, 5.41) is 0. The Kier molecular flexibility index (Phi) is 3.40. The fraction of sp³-hybridized carbons (Fsp3) is 0.778. The third-order valence-electron chi connectivity index (χ3n) is 1.43. The molecule has 60 valence electrons. The average Bonchev–Trinajstić information content (AvgIpc) is 1.60. The highest BCUT2D eigenvalue weighted by atomic mass is 127. The Balaban J connectivity index is 4.01. The van der Waals surface area contributed by atoms with Crippen molar-refractivity contribution in [3.8, 4) is 0 Å². The van der Waals surface area contributed by atoms with E-state index < -0.39 is 0 Å². The molecule has 0 bridgehead atoms. The monoisotopic (exact) mass is 252 g/mol. The van der Waals surface area contributed by atoms with Gasteiger partial charge in [0.2, 0.25) is 0 Å². The summed E-state index contributed by atoms with van der Waals surface area (Å²) in [5.41, 5.74) is 0.282. The fourth-order valence-corrected chi connectivity index (χ4v) is 2.14. The van der Waals surface area contributed by atoms with Gasteiger partial charge in [0.05, 0.1) is 0 Å². The number of halogens is 1. The predicted molar refractivity (Wildman–Crippen MR) is 56.7 cm³/mol. The number of alkyl halides is 1. The molecule has 0 aliphatic rings. The van der Waals surface area contributed by atoms with E-state index in [0.29, 0.717) is 3.42 Å². The molecule has 0 heterocycles. The molecule has 0 radical (unpaired) electrons. The minimum Gasteiger partial charge on any atom is -0.103 e. The molecule has 0 aliphatic heterocycles. The first-order valence-corrected chi connectivity index (χ1v) is 4.67. The van der Waals surface area contributed by atoms with Gasteiger partial charge in [0, 0.05) is 3.42 Å². The van der Waals surface area contributed by atoms with Crippen molar-refractivity contribution in [2.45, 2.75) is 37.5 Å². The van der Waals surface area contributed by atoms with Crippen molar-refractivity contribution in [3.63, 3.8) is 0 Å². The van der Waals surface area contributed by atoms with E-state index in [4.69, 9.17) is 0 Å². The standard InChI is InChI=1S/C9H17I/c1-6-8(2,3)7-9(4,5)10/h6H,1,7H2,2-5H3. The Morgan fingerprint density at radius 2 is 1.70 bits per heavy atom. The predicted octanol–water partition coefficient (Wildman–Crippen LogP) is 3.80. The van der Waals surface area contributed by atoms with Gasteiger partial charge in [0.25, 0.3) is 0 Å². The molecule has 0 rings (SSSR count). The molecule has 0 N–H and O–H groups in total. The van der Waals surface area contributed by atoms with E-state index >= 15 is 0 Å². The molecule has 0 unspecified atom stereocenters. The van der Waals surface area contributed by atoms with Crippen molar-refractivity contribution in [3.05, 3.63) is 12.7 Å². The van der Waals surface area contributed by atoms with Crippen molar-refractivity contribution in [1.82, 2.24) is 0 Å². The van der Waals surface area contributed by atoms with Crippen LogP contribution >= 0.6 is 22.6 Å². The van der Waals surface area contributed by atoms with Crippen LogP contribution in [0.4, 0.5) is 0 Å². The van der Waals surface area contributed by atoms with E-state index in [9.17, 15) is 0 Å². The van der Waals surface area contributed by atoms with Crippen LogP contribution in [0.3, 0.4) is 0 Å². The highest BCUT2D eigenvalue weighted by Crippen LogP contribution is 2.34. The van der Waals surface area contributed by atoms with E-state index in [1.165, 1.54) is 6.42 Å². The molecular weight excluding hydrogens is 235 g/mol. The lowest BCUT2D eigenvalue weighted by Crippen LogP contribution is -2.20. The maximum absolute atomic E-state index is 3.81. The quantitative estimate of drug-likeness (QED) is 0.407. The van der Waals surface area contributed by atoms with Crippen LogP contribution in [0, 0.1) is 5.41 Å². The first-order valence-electron chi connectivity index (χ1n) is 3.59. The second-order valence-corrected chi connectivity index (χ2v) is 7.01. The maximum atomic E-state index is 3.81. The molecule has 10 heavy (non-hydrogen) atoms. The van der Waals surface area contributed by atoms with Crippen molar-refractivity contribution in [2.75, 3.05) is 0 Å². The van der Waals surface area contributed by atoms with Gasteiger partial charge in [-0.15, -0.1) is 6.58 Å². The van der Waals surface area contributed by atoms with Gasteiger partial charge < -0.3 is 0 Å². The van der Waals surface area contributed by atoms with E-state index in [1.54, 1.807) is 0 Å². The van der Waals surface area contributed by atoms with Gasteiger partial charge in [-0.2, -0.15) is 0 Å². The topological polar surface area (TPSA) is 0 Å². The number of rotatable bonds is 3. The van der Waals surface area contributed by atoms with Crippen LogP contribution in [-0.2, 0) is 0 Å². The zero-order valence-corrected chi connectivity index (χ0v) is 9.53. The minimum atomic E-state index is 0.282. The Morgan fingerprint density at radius 3 is 1.80 bits per heavy atom. The van der Waals surface area contributed by atoms with E-state index in [0.717, 1.165) is 0 Å². The average molecular weight is 252 g/mol. The van der Waals surface area contributed by atoms with Crippen LogP contribution < -0.4 is 0 Å². The molecule has 0 aromatic rings. The first kappa shape index (κ1) is 10.5. The third kappa shape index (κ3) is 5.27. The molecule has 0 amide bonds. The number of hydrogen-bond donors (Lipinski definition) is 0. The van der Waals surface area contributed by atoms with Gasteiger partial charge in [-0.25, -0.2) is 0 Å². The third-order valence-corrected chi connectivity index (χ3v) is 1.81. The Hall–Kier alpha value is 0.470. The summed E-state index contributed by atoms with van der Waals surface area (Å²) in [6, 6.07) is 0. The van der Waals surface area contributed by atoms with Crippen LogP contribution in [0.2, 0.25) is 0 Å². The summed E-state index contributed by atoms with van der Waals surface area (Å²) in [7, 11) is 0. The molecule has 1 heteroatoms. The lowest BCUT2D eigenvalue weighted by atomic mass is 9.84. The minimum absolute atomic E-state index is 0.282. The molecule has 0 spiro atoms. The molecule has 0 saturated heterocycles. The smallest absolute Gasteiger partial charge is 0.0174 e. The van der Waals surface area contributed by atoms with E-state index in [1.807, 2.05) is 6.08 Å². The highest BCUT2D eigenvalue weighted by Gasteiger charge is 2.23. The van der Waals surface area contributed by atoms with Crippen molar-refractivity contribution >= 4 is 22.6 Å². The Labute approximate surface area is 78.2 Å². The second-order valence-electron chi connectivity index (χ2n) is 4.09. The summed E-state index contributed by atoms with van der Waals surface area (Å²) in [6.45, 7) is 12.8. The number of hydrogen-bond acceptors (Lipinski definition) is 0. The SMILES string of the molecule is C=CC(C)(C)CC(C)(C)I. The van der Waals surface area contributed by atoms with Crippen LogP contribution in [0.5, 0.6) is 0 Å². The van der Waals surface area contributed by atoms with Crippen molar-refractivity contribution < 1.29 is 0 Å². The molecular formula is C9H17I. The van der Waals surface area contributed by atoms with Crippen LogP contribution in [0.15, 0.2) is 12.7 Å². The lowest BCUT2D eigenvalue weighted by Gasteiger charge is -2.27. The van der Waals surface area contributed by atoms with Gasteiger partial charge in [-0.1, -0.05) is 56.4 Å². The van der Waals surface area contributed by atoms with Gasteiger partial charge in [0.1, 0.15) is 0 Å². The van der Waals surface area contributed by atoms with Crippen molar-refractivity contribution in [2.24, 2.45) is 5.41 Å². The Morgan fingerprint density at radius 1 is 1.30 bits per heavy atom. The van der Waals surface area contributed by atoms with Crippen LogP contribution in [0.1, 0.15) is 34.1 Å². The van der Waals surface area contributed by atoms with Crippen LogP contribution in [0.25, 0.3) is 0 Å². The summed E-state index contributed by atoms with van der Waals surface area (Å²) in [6.07, 6.45) is 3.22. The van der Waals surface area contributed by atoms with Gasteiger partial charge >= 0.3 is 0 Å². The Bertz CT molecular complexity index is 117. The number of allylic oxidation sites excluding steroid dienone is 1. The van der Waals surface area contributed by atoms with Gasteiger partial charge in [-0.05, 0) is 11.8 Å². The summed E-state index contributed by atoms with van der Waals surface area (Å²) in [5.74, 6) is 0. The second kappa shape index (κ2) is 3.24. The summed E-state index contributed by atoms with van der Waals surface area (Å²) in [4.78, 5) is 0. The van der Waals surface area contributed by atoms with Crippen molar-refractivity contribution in [1.29, 1.82) is 0 Å². The van der Waals surface area contributed by atoms with Gasteiger partial charge in [0.15, 0.2) is 0 Å².